The largest absolute Gasteiger partial charge is 0.198 e. The normalized spacial score (nSPS) is 10.7. The molecule has 0 aliphatic rings. The standard InChI is InChI=1S/C13H15N/c1-11(2)13-9-4-3-7-12(13)8-5-6-10-14/h3-5,7-9,11H,6H2,1-2H3. The molecule has 0 amide bonds. The highest BCUT2D eigenvalue weighted by atomic mass is 14.2. The van der Waals surface area contributed by atoms with E-state index in [1.54, 1.807) is 0 Å². The van der Waals surface area contributed by atoms with E-state index in [1.165, 1.54) is 11.1 Å². The zero-order chi connectivity index (χ0) is 10.4. The van der Waals surface area contributed by atoms with Crippen molar-refractivity contribution in [3.05, 3.63) is 41.5 Å². The van der Waals surface area contributed by atoms with E-state index in [0.717, 1.165) is 0 Å². The van der Waals surface area contributed by atoms with Crippen LogP contribution in [0.5, 0.6) is 0 Å². The average molecular weight is 185 g/mol. The molecule has 0 saturated heterocycles. The van der Waals surface area contributed by atoms with Gasteiger partial charge in [-0.1, -0.05) is 50.3 Å². The van der Waals surface area contributed by atoms with Crippen molar-refractivity contribution in [2.24, 2.45) is 0 Å². The highest BCUT2D eigenvalue weighted by Crippen LogP contribution is 2.20. The van der Waals surface area contributed by atoms with Gasteiger partial charge in [0.1, 0.15) is 0 Å². The molecule has 1 nitrogen and oxygen atoms in total. The average Bonchev–Trinajstić information content (AvgIpc) is 2.19. The Balaban J connectivity index is 2.91. The lowest BCUT2D eigenvalue weighted by Crippen LogP contribution is -1.90. The van der Waals surface area contributed by atoms with Gasteiger partial charge in [0.15, 0.2) is 0 Å². The van der Waals surface area contributed by atoms with Crippen molar-refractivity contribution in [3.8, 4) is 6.07 Å². The lowest BCUT2D eigenvalue weighted by molar-refractivity contribution is 0.864. The molecular weight excluding hydrogens is 170 g/mol. The van der Waals surface area contributed by atoms with Crippen LogP contribution in [0.1, 0.15) is 37.3 Å². The SMILES string of the molecule is CC(C)c1ccccc1C=CCC#N. The number of nitrogens with zero attached hydrogens (tertiary/aromatic N) is 1. The maximum absolute atomic E-state index is 8.42. The maximum Gasteiger partial charge on any atom is 0.0663 e. The van der Waals surface area contributed by atoms with E-state index < -0.39 is 0 Å². The molecule has 1 aromatic carbocycles. The molecule has 0 heterocycles. The number of benzene rings is 1. The van der Waals surface area contributed by atoms with Gasteiger partial charge in [-0.2, -0.15) is 5.26 Å². The third-order valence-corrected chi connectivity index (χ3v) is 2.12. The van der Waals surface area contributed by atoms with Gasteiger partial charge < -0.3 is 0 Å². The third kappa shape index (κ3) is 2.74. The van der Waals surface area contributed by atoms with E-state index in [2.05, 4.69) is 38.1 Å². The van der Waals surface area contributed by atoms with E-state index in [-0.39, 0.29) is 0 Å². The van der Waals surface area contributed by atoms with E-state index >= 15 is 0 Å². The van der Waals surface area contributed by atoms with Crippen molar-refractivity contribution in [3.63, 3.8) is 0 Å². The second kappa shape index (κ2) is 5.24. The number of nitriles is 1. The van der Waals surface area contributed by atoms with Crippen LogP contribution >= 0.6 is 0 Å². The Morgan fingerprint density at radius 2 is 2.07 bits per heavy atom. The number of allylic oxidation sites excluding steroid dienone is 1. The molecule has 0 spiro atoms. The summed E-state index contributed by atoms with van der Waals surface area (Å²) in [5.74, 6) is 0.526. The highest BCUT2D eigenvalue weighted by molar-refractivity contribution is 5.54. The first-order valence-electron chi connectivity index (χ1n) is 4.88. The summed E-state index contributed by atoms with van der Waals surface area (Å²) in [6, 6.07) is 10.4. The molecule has 14 heavy (non-hydrogen) atoms. The topological polar surface area (TPSA) is 23.8 Å². The Morgan fingerprint density at radius 1 is 1.36 bits per heavy atom. The van der Waals surface area contributed by atoms with Crippen LogP contribution in [0.15, 0.2) is 30.3 Å². The van der Waals surface area contributed by atoms with Crippen LogP contribution in [0.4, 0.5) is 0 Å². The summed E-state index contributed by atoms with van der Waals surface area (Å²) in [7, 11) is 0. The zero-order valence-corrected chi connectivity index (χ0v) is 8.70. The van der Waals surface area contributed by atoms with Gasteiger partial charge in [-0.3, -0.25) is 0 Å². The molecule has 72 valence electrons. The first kappa shape index (κ1) is 10.5. The first-order valence-corrected chi connectivity index (χ1v) is 4.88. The fourth-order valence-corrected chi connectivity index (χ4v) is 1.43. The van der Waals surface area contributed by atoms with Gasteiger partial charge in [0.25, 0.3) is 0 Å². The highest BCUT2D eigenvalue weighted by Gasteiger charge is 2.01. The van der Waals surface area contributed by atoms with Crippen LogP contribution in [-0.4, -0.2) is 0 Å². The molecule has 0 fully saturated rings. The Bertz CT molecular complexity index is 356. The predicted molar refractivity (Wildman–Crippen MR) is 59.8 cm³/mol. The Hall–Kier alpha value is -1.55. The van der Waals surface area contributed by atoms with E-state index in [1.807, 2.05) is 18.2 Å². The van der Waals surface area contributed by atoms with Crippen molar-refractivity contribution in [2.45, 2.75) is 26.2 Å². The Morgan fingerprint density at radius 3 is 2.71 bits per heavy atom. The minimum Gasteiger partial charge on any atom is -0.198 e. The van der Waals surface area contributed by atoms with Crippen LogP contribution in [0.3, 0.4) is 0 Å². The molecular formula is C13H15N. The van der Waals surface area contributed by atoms with E-state index in [4.69, 9.17) is 5.26 Å². The van der Waals surface area contributed by atoms with Gasteiger partial charge >= 0.3 is 0 Å². The van der Waals surface area contributed by atoms with Crippen molar-refractivity contribution in [1.82, 2.24) is 0 Å². The third-order valence-electron chi connectivity index (χ3n) is 2.12. The van der Waals surface area contributed by atoms with Gasteiger partial charge in [-0.25, -0.2) is 0 Å². The first-order chi connectivity index (χ1) is 6.75. The molecule has 1 heteroatoms. The predicted octanol–water partition coefficient (Wildman–Crippen LogP) is 3.74. The summed E-state index contributed by atoms with van der Waals surface area (Å²) < 4.78 is 0. The van der Waals surface area contributed by atoms with Crippen LogP contribution in [0, 0.1) is 11.3 Å². The molecule has 0 saturated carbocycles. The fourth-order valence-electron chi connectivity index (χ4n) is 1.43. The molecule has 0 aromatic heterocycles. The van der Waals surface area contributed by atoms with Crippen molar-refractivity contribution in [1.29, 1.82) is 5.26 Å². The monoisotopic (exact) mass is 185 g/mol. The van der Waals surface area contributed by atoms with Crippen molar-refractivity contribution in [2.75, 3.05) is 0 Å². The van der Waals surface area contributed by atoms with Crippen LogP contribution in [-0.2, 0) is 0 Å². The van der Waals surface area contributed by atoms with Gasteiger partial charge in [0.2, 0.25) is 0 Å². The molecule has 0 atom stereocenters. The molecule has 1 aromatic rings. The summed E-state index contributed by atoms with van der Waals surface area (Å²) in [6.07, 6.45) is 4.41. The Labute approximate surface area is 85.7 Å². The second-order valence-electron chi connectivity index (χ2n) is 3.55. The van der Waals surface area contributed by atoms with E-state index in [9.17, 15) is 0 Å². The van der Waals surface area contributed by atoms with Gasteiger partial charge in [0, 0.05) is 0 Å². The Kier molecular flexibility index (Phi) is 3.94. The molecule has 0 N–H and O–H groups in total. The number of hydrogen-bond acceptors (Lipinski definition) is 1. The second-order valence-corrected chi connectivity index (χ2v) is 3.55. The lowest BCUT2D eigenvalue weighted by Gasteiger charge is -2.08. The molecule has 0 aliphatic heterocycles. The lowest BCUT2D eigenvalue weighted by atomic mass is 9.97. The van der Waals surface area contributed by atoms with Gasteiger partial charge in [-0.15, -0.1) is 0 Å². The summed E-state index contributed by atoms with van der Waals surface area (Å²) in [4.78, 5) is 0. The van der Waals surface area contributed by atoms with Crippen LogP contribution < -0.4 is 0 Å². The number of rotatable bonds is 3. The van der Waals surface area contributed by atoms with E-state index in [0.29, 0.717) is 12.3 Å². The minimum absolute atomic E-state index is 0.479. The van der Waals surface area contributed by atoms with Crippen LogP contribution in [0.25, 0.3) is 6.08 Å². The summed E-state index contributed by atoms with van der Waals surface area (Å²) in [5, 5.41) is 8.42. The quantitative estimate of drug-likeness (QED) is 0.703. The maximum atomic E-state index is 8.42. The van der Waals surface area contributed by atoms with Gasteiger partial charge in [-0.05, 0) is 17.0 Å². The van der Waals surface area contributed by atoms with Crippen molar-refractivity contribution < 1.29 is 0 Å². The summed E-state index contributed by atoms with van der Waals surface area (Å²) >= 11 is 0. The molecule has 0 radical (unpaired) electrons. The van der Waals surface area contributed by atoms with Crippen LogP contribution in [0.2, 0.25) is 0 Å². The molecule has 0 aliphatic carbocycles. The minimum atomic E-state index is 0.479. The summed E-state index contributed by atoms with van der Waals surface area (Å²) in [5.41, 5.74) is 2.56. The van der Waals surface area contributed by atoms with Crippen molar-refractivity contribution >= 4 is 6.08 Å². The van der Waals surface area contributed by atoms with Gasteiger partial charge in [0.05, 0.1) is 12.5 Å². The fraction of sp³-hybridized carbons (Fsp3) is 0.308. The molecule has 0 unspecified atom stereocenters. The summed E-state index contributed by atoms with van der Waals surface area (Å²) in [6.45, 7) is 4.36. The molecule has 0 bridgehead atoms. The molecule has 1 rings (SSSR count). The number of hydrogen-bond donors (Lipinski definition) is 0. The zero-order valence-electron chi connectivity index (χ0n) is 8.70. The smallest absolute Gasteiger partial charge is 0.0663 e.